The fourth-order valence-electron chi connectivity index (χ4n) is 2.56. The Hall–Kier alpha value is -2.31. The van der Waals surface area contributed by atoms with Gasteiger partial charge in [0.25, 0.3) is 0 Å². The molecule has 0 saturated carbocycles. The number of hydrogen-bond donors (Lipinski definition) is 0. The monoisotopic (exact) mass is 367 g/mol. The highest BCUT2D eigenvalue weighted by molar-refractivity contribution is 5.61. The molecule has 0 radical (unpaired) electrons. The van der Waals surface area contributed by atoms with Crippen LogP contribution in [0.15, 0.2) is 30.5 Å². The van der Waals surface area contributed by atoms with Gasteiger partial charge >= 0.3 is 6.18 Å². The highest BCUT2D eigenvalue weighted by Gasteiger charge is 2.36. The molecule has 142 valence electrons. The number of anilines is 2. The first kappa shape index (κ1) is 20.0. The standard InChI is InChI=1S/C19H24F3N3O/c1-4-6-12-26-17-15(19(20,21)22)13-23-18(24-17)25(3)16-11-8-7-10-14(16)9-5-2/h7-8,10-11,13H,4-6,9,12H2,1-3H3. The normalized spacial score (nSPS) is 11.5. The summed E-state index contributed by atoms with van der Waals surface area (Å²) in [6, 6.07) is 7.73. The predicted molar refractivity (Wildman–Crippen MR) is 95.9 cm³/mol. The molecular weight excluding hydrogens is 343 g/mol. The molecule has 0 saturated heterocycles. The topological polar surface area (TPSA) is 38.2 Å². The third kappa shape index (κ3) is 4.86. The van der Waals surface area contributed by atoms with E-state index in [-0.39, 0.29) is 12.6 Å². The van der Waals surface area contributed by atoms with E-state index in [0.717, 1.165) is 36.7 Å². The summed E-state index contributed by atoms with van der Waals surface area (Å²) in [5.74, 6) is -0.246. The lowest BCUT2D eigenvalue weighted by Crippen LogP contribution is -2.18. The first-order valence-electron chi connectivity index (χ1n) is 8.77. The van der Waals surface area contributed by atoms with Gasteiger partial charge in [0.15, 0.2) is 0 Å². The predicted octanol–water partition coefficient (Wildman–Crippen LogP) is 5.39. The van der Waals surface area contributed by atoms with Gasteiger partial charge in [-0.1, -0.05) is 44.9 Å². The number of aromatic nitrogens is 2. The molecule has 26 heavy (non-hydrogen) atoms. The van der Waals surface area contributed by atoms with Gasteiger partial charge in [0, 0.05) is 18.9 Å². The maximum atomic E-state index is 13.2. The van der Waals surface area contributed by atoms with E-state index in [1.807, 2.05) is 31.2 Å². The molecule has 1 aromatic heterocycles. The Morgan fingerprint density at radius 1 is 1.12 bits per heavy atom. The van der Waals surface area contributed by atoms with E-state index < -0.39 is 17.6 Å². The van der Waals surface area contributed by atoms with Crippen LogP contribution >= 0.6 is 0 Å². The van der Waals surface area contributed by atoms with Gasteiger partial charge in [-0.25, -0.2) is 4.98 Å². The summed E-state index contributed by atoms with van der Waals surface area (Å²) >= 11 is 0. The number of benzene rings is 1. The molecule has 2 rings (SSSR count). The Labute approximate surface area is 152 Å². The van der Waals surface area contributed by atoms with E-state index in [4.69, 9.17) is 4.74 Å². The molecule has 0 atom stereocenters. The second-order valence-corrected chi connectivity index (χ2v) is 6.03. The summed E-state index contributed by atoms with van der Waals surface area (Å²) in [5.41, 5.74) is 1.01. The lowest BCUT2D eigenvalue weighted by Gasteiger charge is -2.22. The molecule has 0 N–H and O–H groups in total. The summed E-state index contributed by atoms with van der Waals surface area (Å²) in [6.07, 6.45) is -0.457. The minimum Gasteiger partial charge on any atom is -0.477 e. The second-order valence-electron chi connectivity index (χ2n) is 6.03. The number of halogens is 3. The van der Waals surface area contributed by atoms with Crippen molar-refractivity contribution in [3.63, 3.8) is 0 Å². The first-order valence-corrected chi connectivity index (χ1v) is 8.77. The zero-order valence-electron chi connectivity index (χ0n) is 15.3. The van der Waals surface area contributed by atoms with Crippen LogP contribution in [0.5, 0.6) is 5.88 Å². The van der Waals surface area contributed by atoms with E-state index in [1.165, 1.54) is 0 Å². The highest BCUT2D eigenvalue weighted by atomic mass is 19.4. The Morgan fingerprint density at radius 2 is 1.85 bits per heavy atom. The van der Waals surface area contributed by atoms with Crippen LogP contribution in [-0.4, -0.2) is 23.6 Å². The average Bonchev–Trinajstić information content (AvgIpc) is 2.61. The number of nitrogens with zero attached hydrogens (tertiary/aromatic N) is 3. The zero-order chi connectivity index (χ0) is 19.2. The molecule has 0 aliphatic carbocycles. The number of alkyl halides is 3. The van der Waals surface area contributed by atoms with E-state index in [0.29, 0.717) is 6.42 Å². The molecule has 1 heterocycles. The lowest BCUT2D eigenvalue weighted by atomic mass is 10.1. The van der Waals surface area contributed by atoms with Gasteiger partial charge in [-0.15, -0.1) is 0 Å². The Bertz CT molecular complexity index is 719. The van der Waals surface area contributed by atoms with E-state index >= 15 is 0 Å². The largest absolute Gasteiger partial charge is 0.477 e. The van der Waals surface area contributed by atoms with Gasteiger partial charge in [0.1, 0.15) is 5.56 Å². The van der Waals surface area contributed by atoms with E-state index in [2.05, 4.69) is 16.9 Å². The second kappa shape index (κ2) is 8.87. The number of unbranched alkanes of at least 4 members (excludes halogenated alkanes) is 1. The van der Waals surface area contributed by atoms with Crippen molar-refractivity contribution < 1.29 is 17.9 Å². The van der Waals surface area contributed by atoms with Crippen LogP contribution in [0.3, 0.4) is 0 Å². The van der Waals surface area contributed by atoms with Gasteiger partial charge < -0.3 is 9.64 Å². The summed E-state index contributed by atoms with van der Waals surface area (Å²) in [7, 11) is 1.74. The van der Waals surface area contributed by atoms with Crippen LogP contribution in [0.4, 0.5) is 24.8 Å². The van der Waals surface area contributed by atoms with Gasteiger partial charge in [0.2, 0.25) is 11.8 Å². The summed E-state index contributed by atoms with van der Waals surface area (Å²) in [5, 5.41) is 0. The van der Waals surface area contributed by atoms with Crippen LogP contribution < -0.4 is 9.64 Å². The zero-order valence-corrected chi connectivity index (χ0v) is 15.3. The number of rotatable bonds is 8. The highest BCUT2D eigenvalue weighted by Crippen LogP contribution is 2.36. The Balaban J connectivity index is 2.38. The maximum Gasteiger partial charge on any atom is 0.423 e. The summed E-state index contributed by atoms with van der Waals surface area (Å²) < 4.78 is 44.9. The molecule has 1 aromatic carbocycles. The molecule has 0 aliphatic heterocycles. The van der Waals surface area contributed by atoms with Crippen LogP contribution in [0.2, 0.25) is 0 Å². The van der Waals surface area contributed by atoms with Crippen molar-refractivity contribution in [2.45, 2.75) is 45.7 Å². The molecule has 2 aromatic rings. The van der Waals surface area contributed by atoms with E-state index in [9.17, 15) is 13.2 Å². The average molecular weight is 367 g/mol. The van der Waals surface area contributed by atoms with Crippen LogP contribution in [0, 0.1) is 0 Å². The minimum absolute atomic E-state index is 0.174. The first-order chi connectivity index (χ1) is 12.4. The van der Waals surface area contributed by atoms with Gasteiger partial charge in [-0.05, 0) is 24.5 Å². The number of hydrogen-bond acceptors (Lipinski definition) is 4. The van der Waals surface area contributed by atoms with Gasteiger partial charge in [0.05, 0.1) is 6.61 Å². The molecule has 0 amide bonds. The Kier molecular flexibility index (Phi) is 6.83. The lowest BCUT2D eigenvalue weighted by molar-refractivity contribution is -0.139. The molecule has 0 bridgehead atoms. The van der Waals surface area contributed by atoms with Crippen LogP contribution in [-0.2, 0) is 12.6 Å². The van der Waals surface area contributed by atoms with Crippen molar-refractivity contribution in [1.82, 2.24) is 9.97 Å². The fraction of sp³-hybridized carbons (Fsp3) is 0.474. The number of aryl methyl sites for hydroxylation is 1. The number of para-hydroxylation sites is 1. The van der Waals surface area contributed by atoms with Gasteiger partial charge in [-0.3, -0.25) is 0 Å². The fourth-order valence-corrected chi connectivity index (χ4v) is 2.56. The Morgan fingerprint density at radius 3 is 2.50 bits per heavy atom. The van der Waals surface area contributed by atoms with Crippen molar-refractivity contribution in [1.29, 1.82) is 0 Å². The van der Waals surface area contributed by atoms with Crippen molar-refractivity contribution in [3.8, 4) is 5.88 Å². The van der Waals surface area contributed by atoms with Crippen LogP contribution in [0.1, 0.15) is 44.2 Å². The SMILES string of the molecule is CCCCOc1nc(N(C)c2ccccc2CCC)ncc1C(F)(F)F. The number of ether oxygens (including phenoxy) is 1. The molecule has 0 spiro atoms. The summed E-state index contributed by atoms with van der Waals surface area (Å²) in [4.78, 5) is 9.68. The van der Waals surface area contributed by atoms with Crippen molar-refractivity contribution in [2.24, 2.45) is 0 Å². The molecule has 4 nitrogen and oxygen atoms in total. The maximum absolute atomic E-state index is 13.2. The van der Waals surface area contributed by atoms with Crippen molar-refractivity contribution in [3.05, 3.63) is 41.6 Å². The molecule has 0 unspecified atom stereocenters. The molecule has 0 fully saturated rings. The third-order valence-corrected chi connectivity index (χ3v) is 3.96. The smallest absolute Gasteiger partial charge is 0.423 e. The molecule has 0 aliphatic rings. The van der Waals surface area contributed by atoms with Gasteiger partial charge in [-0.2, -0.15) is 18.2 Å². The van der Waals surface area contributed by atoms with E-state index in [1.54, 1.807) is 11.9 Å². The summed E-state index contributed by atoms with van der Waals surface area (Å²) in [6.45, 7) is 4.20. The minimum atomic E-state index is -4.56. The molecule has 7 heteroatoms. The van der Waals surface area contributed by atoms with Crippen LogP contribution in [0.25, 0.3) is 0 Å². The quantitative estimate of drug-likeness (QED) is 0.586. The third-order valence-electron chi connectivity index (χ3n) is 3.96. The molecular formula is C19H24F3N3O. The van der Waals surface area contributed by atoms with Crippen molar-refractivity contribution in [2.75, 3.05) is 18.6 Å². The van der Waals surface area contributed by atoms with Crippen molar-refractivity contribution >= 4 is 11.6 Å².